The molecule has 0 saturated carbocycles. The average molecular weight is 402 g/mol. The molecule has 0 radical (unpaired) electrons. The maximum Gasteiger partial charge on any atom is 0.274 e. The zero-order valence-electron chi connectivity index (χ0n) is 16.7. The highest BCUT2D eigenvalue weighted by molar-refractivity contribution is 5.93. The Kier molecular flexibility index (Phi) is 5.18. The molecule has 156 valence electrons. The van der Waals surface area contributed by atoms with Crippen LogP contribution in [0.15, 0.2) is 22.6 Å². The number of likely N-dealkylation sites (tertiary alicyclic amines) is 2. The third kappa shape index (κ3) is 3.56. The molecule has 2 aliphatic heterocycles. The van der Waals surface area contributed by atoms with Gasteiger partial charge in [0, 0.05) is 50.7 Å². The molecular formula is C20H26N4O5. The van der Waals surface area contributed by atoms with Crippen molar-refractivity contribution in [2.24, 2.45) is 11.3 Å². The van der Waals surface area contributed by atoms with Crippen molar-refractivity contribution in [1.29, 1.82) is 0 Å². The molecular weight excluding hydrogens is 376 g/mol. The molecule has 9 nitrogen and oxygen atoms in total. The third-order valence-corrected chi connectivity index (χ3v) is 6.04. The average Bonchev–Trinajstić information content (AvgIpc) is 3.46. The number of carbonyl (C=O) groups excluding carboxylic acids is 2. The number of furan rings is 1. The molecule has 4 rings (SSSR count). The number of nitrogens with one attached hydrogen (secondary N) is 1. The number of amides is 2. The molecule has 2 aromatic rings. The number of hydrogen-bond donors (Lipinski definition) is 2. The largest absolute Gasteiger partial charge is 0.460 e. The number of aliphatic hydroxyl groups excluding tert-OH is 1. The van der Waals surface area contributed by atoms with Crippen molar-refractivity contribution in [3.8, 4) is 11.5 Å². The number of nitrogens with zero attached hydrogens (tertiary/aromatic N) is 3. The Hall–Kier alpha value is -2.65. The van der Waals surface area contributed by atoms with E-state index in [4.69, 9.17) is 9.15 Å². The highest BCUT2D eigenvalue weighted by atomic mass is 16.5. The fourth-order valence-corrected chi connectivity index (χ4v) is 4.39. The molecule has 2 saturated heterocycles. The summed E-state index contributed by atoms with van der Waals surface area (Å²) in [5, 5.41) is 17.1. The van der Waals surface area contributed by atoms with Gasteiger partial charge in [-0.3, -0.25) is 14.7 Å². The minimum absolute atomic E-state index is 0.0256. The van der Waals surface area contributed by atoms with Gasteiger partial charge < -0.3 is 24.1 Å². The second-order valence-electron chi connectivity index (χ2n) is 8.00. The van der Waals surface area contributed by atoms with Crippen molar-refractivity contribution in [1.82, 2.24) is 20.0 Å². The lowest BCUT2D eigenvalue weighted by atomic mass is 9.82. The van der Waals surface area contributed by atoms with E-state index >= 15 is 0 Å². The minimum atomic E-state index is -0.477. The molecule has 0 unspecified atom stereocenters. The predicted octanol–water partition coefficient (Wildman–Crippen LogP) is 0.908. The zero-order chi connectivity index (χ0) is 20.6. The summed E-state index contributed by atoms with van der Waals surface area (Å²) < 4.78 is 10.6. The monoisotopic (exact) mass is 402 g/mol. The summed E-state index contributed by atoms with van der Waals surface area (Å²) in [4.78, 5) is 28.8. The lowest BCUT2D eigenvalue weighted by Gasteiger charge is -2.27. The van der Waals surface area contributed by atoms with Crippen LogP contribution in [0, 0.1) is 18.3 Å². The topological polar surface area (TPSA) is 112 Å². The van der Waals surface area contributed by atoms with E-state index in [1.54, 1.807) is 23.0 Å². The first-order chi connectivity index (χ1) is 14.0. The van der Waals surface area contributed by atoms with Gasteiger partial charge in [0.15, 0.2) is 11.5 Å². The SMILES string of the molecule is COCCC(=O)N1C[C@@H]2CN(C(=O)c3cc(-c4ccc(C)o4)[nH]n3)C[C@]2(CO)C1. The van der Waals surface area contributed by atoms with Crippen LogP contribution in [-0.2, 0) is 9.53 Å². The van der Waals surface area contributed by atoms with Crippen molar-refractivity contribution >= 4 is 11.8 Å². The van der Waals surface area contributed by atoms with Gasteiger partial charge in [0.2, 0.25) is 5.91 Å². The number of methoxy groups -OCH3 is 1. The molecule has 4 heterocycles. The Morgan fingerprint density at radius 3 is 2.76 bits per heavy atom. The fraction of sp³-hybridized carbons (Fsp3) is 0.550. The van der Waals surface area contributed by atoms with Crippen molar-refractivity contribution < 1.29 is 23.8 Å². The summed E-state index contributed by atoms with van der Waals surface area (Å²) in [6.45, 7) is 4.08. The predicted molar refractivity (Wildman–Crippen MR) is 103 cm³/mol. The number of fused-ring (bicyclic) bond motifs is 1. The molecule has 2 fully saturated rings. The Morgan fingerprint density at radius 2 is 2.10 bits per heavy atom. The van der Waals surface area contributed by atoms with Crippen LogP contribution < -0.4 is 0 Å². The summed E-state index contributed by atoms with van der Waals surface area (Å²) in [7, 11) is 1.57. The smallest absolute Gasteiger partial charge is 0.274 e. The summed E-state index contributed by atoms with van der Waals surface area (Å²) in [5.41, 5.74) is 0.484. The Bertz CT molecular complexity index is 906. The van der Waals surface area contributed by atoms with Gasteiger partial charge in [-0.2, -0.15) is 5.10 Å². The molecule has 0 bridgehead atoms. The van der Waals surface area contributed by atoms with Gasteiger partial charge >= 0.3 is 0 Å². The number of aryl methyl sites for hydroxylation is 1. The Morgan fingerprint density at radius 1 is 1.34 bits per heavy atom. The lowest BCUT2D eigenvalue weighted by Crippen LogP contribution is -2.40. The molecule has 2 amide bonds. The van der Waals surface area contributed by atoms with Crippen molar-refractivity contribution in [3.63, 3.8) is 0 Å². The Labute approximate surface area is 168 Å². The van der Waals surface area contributed by atoms with Crippen LogP contribution >= 0.6 is 0 Å². The van der Waals surface area contributed by atoms with E-state index in [2.05, 4.69) is 10.2 Å². The number of aromatic nitrogens is 2. The molecule has 29 heavy (non-hydrogen) atoms. The molecule has 2 atom stereocenters. The highest BCUT2D eigenvalue weighted by Crippen LogP contribution is 2.42. The molecule has 0 spiro atoms. The van der Waals surface area contributed by atoms with Crippen LogP contribution in [0.4, 0.5) is 0 Å². The molecule has 9 heteroatoms. The van der Waals surface area contributed by atoms with E-state index < -0.39 is 5.41 Å². The molecule has 2 aromatic heterocycles. The lowest BCUT2D eigenvalue weighted by molar-refractivity contribution is -0.131. The normalized spacial score (nSPS) is 23.6. The van der Waals surface area contributed by atoms with Crippen molar-refractivity contribution in [2.45, 2.75) is 13.3 Å². The fourth-order valence-electron chi connectivity index (χ4n) is 4.39. The van der Waals surface area contributed by atoms with E-state index in [1.165, 1.54) is 0 Å². The van der Waals surface area contributed by atoms with Crippen LogP contribution in [0.1, 0.15) is 22.7 Å². The minimum Gasteiger partial charge on any atom is -0.460 e. The first kappa shape index (κ1) is 19.7. The standard InChI is InChI=1S/C20H26N4O5/c1-13-3-4-17(29-13)15-7-16(22-21-15)19(27)24-9-14-8-23(18(26)5-6-28-2)10-20(14,11-24)12-25/h3-4,7,14,25H,5-6,8-12H2,1-2H3,(H,21,22)/t14-,20+/m1/s1. The van der Waals surface area contributed by atoms with Crippen LogP contribution in [0.25, 0.3) is 11.5 Å². The quantitative estimate of drug-likeness (QED) is 0.743. The van der Waals surface area contributed by atoms with Gasteiger partial charge in [0.05, 0.1) is 19.6 Å². The number of aliphatic hydroxyl groups is 1. The van der Waals surface area contributed by atoms with E-state index in [0.717, 1.165) is 5.76 Å². The van der Waals surface area contributed by atoms with Crippen LogP contribution in [0.2, 0.25) is 0 Å². The molecule has 2 aliphatic rings. The van der Waals surface area contributed by atoms with Gasteiger partial charge in [-0.25, -0.2) is 0 Å². The summed E-state index contributed by atoms with van der Waals surface area (Å²) in [5.74, 6) is 1.30. The maximum atomic E-state index is 13.0. The van der Waals surface area contributed by atoms with E-state index in [9.17, 15) is 14.7 Å². The number of hydrogen-bond acceptors (Lipinski definition) is 6. The summed E-state index contributed by atoms with van der Waals surface area (Å²) in [6.07, 6.45) is 0.329. The second kappa shape index (κ2) is 7.64. The van der Waals surface area contributed by atoms with Crippen LogP contribution in [0.3, 0.4) is 0 Å². The number of ether oxygens (including phenoxy) is 1. The van der Waals surface area contributed by atoms with E-state index in [0.29, 0.717) is 56.4 Å². The molecule has 2 N–H and O–H groups in total. The number of rotatable bonds is 6. The van der Waals surface area contributed by atoms with Gasteiger partial charge in [0.1, 0.15) is 11.5 Å². The first-order valence-electron chi connectivity index (χ1n) is 9.75. The van der Waals surface area contributed by atoms with Crippen molar-refractivity contribution in [2.75, 3.05) is 46.5 Å². The van der Waals surface area contributed by atoms with Gasteiger partial charge in [-0.1, -0.05) is 0 Å². The number of carbonyl (C=O) groups is 2. The molecule has 0 aliphatic carbocycles. The van der Waals surface area contributed by atoms with E-state index in [1.807, 2.05) is 19.1 Å². The number of H-pyrrole nitrogens is 1. The van der Waals surface area contributed by atoms with Crippen LogP contribution in [0.5, 0.6) is 0 Å². The third-order valence-electron chi connectivity index (χ3n) is 6.04. The number of aromatic amines is 1. The molecule has 0 aromatic carbocycles. The maximum absolute atomic E-state index is 13.0. The van der Waals surface area contributed by atoms with Gasteiger partial charge in [-0.15, -0.1) is 0 Å². The van der Waals surface area contributed by atoms with Crippen molar-refractivity contribution in [3.05, 3.63) is 29.7 Å². The summed E-state index contributed by atoms with van der Waals surface area (Å²) >= 11 is 0. The Balaban J connectivity index is 1.44. The van der Waals surface area contributed by atoms with Gasteiger partial charge in [-0.05, 0) is 19.1 Å². The van der Waals surface area contributed by atoms with Gasteiger partial charge in [0.25, 0.3) is 5.91 Å². The second-order valence-corrected chi connectivity index (χ2v) is 8.00. The van der Waals surface area contributed by atoms with E-state index in [-0.39, 0.29) is 24.3 Å². The van der Waals surface area contributed by atoms with Crippen LogP contribution in [-0.4, -0.2) is 83.4 Å². The highest BCUT2D eigenvalue weighted by Gasteiger charge is 2.54. The zero-order valence-corrected chi connectivity index (χ0v) is 16.7. The summed E-state index contributed by atoms with van der Waals surface area (Å²) in [6, 6.07) is 5.36. The first-order valence-corrected chi connectivity index (χ1v) is 9.75.